The Bertz CT molecular complexity index is 721. The molecule has 0 spiro atoms. The molecule has 0 radical (unpaired) electrons. The van der Waals surface area contributed by atoms with Gasteiger partial charge in [-0.1, -0.05) is 0 Å². The Labute approximate surface area is 120 Å². The van der Waals surface area contributed by atoms with Crippen LogP contribution in [0.1, 0.15) is 5.56 Å². The van der Waals surface area contributed by atoms with Crippen LogP contribution in [0.3, 0.4) is 0 Å². The predicted octanol–water partition coefficient (Wildman–Crippen LogP) is 2.48. The second-order valence-electron chi connectivity index (χ2n) is 4.66. The number of fused-ring (bicyclic) bond motifs is 1. The van der Waals surface area contributed by atoms with E-state index in [0.717, 1.165) is 10.9 Å². The fraction of sp³-hybridized carbons (Fsp3) is 0.231. The first kappa shape index (κ1) is 12.9. The number of rotatable bonds is 2. The minimum Gasteiger partial charge on any atom is -0.337 e. The van der Waals surface area contributed by atoms with Crippen LogP contribution in [0.15, 0.2) is 29.4 Å². The summed E-state index contributed by atoms with van der Waals surface area (Å²) in [6.07, 6.45) is 3.28. The van der Waals surface area contributed by atoms with Gasteiger partial charge < -0.3 is 10.2 Å². The average molecular weight is 294 g/mol. The van der Waals surface area contributed by atoms with E-state index in [0.29, 0.717) is 16.7 Å². The first-order chi connectivity index (χ1) is 9.56. The molecule has 0 aliphatic carbocycles. The maximum atomic E-state index is 13.7. The second-order valence-corrected chi connectivity index (χ2v) is 5.01. The molecular formula is C13H13ClFN5. The van der Waals surface area contributed by atoms with Gasteiger partial charge in [0.2, 0.25) is 0 Å². The second kappa shape index (κ2) is 4.79. The van der Waals surface area contributed by atoms with Gasteiger partial charge in [-0.3, -0.25) is 5.10 Å². The molecule has 0 fully saturated rings. The number of halogens is 2. The summed E-state index contributed by atoms with van der Waals surface area (Å²) in [5, 5.41) is 11.2. The largest absolute Gasteiger partial charge is 0.337 e. The van der Waals surface area contributed by atoms with E-state index < -0.39 is 0 Å². The zero-order valence-electron chi connectivity index (χ0n) is 11.0. The van der Waals surface area contributed by atoms with E-state index >= 15 is 0 Å². The van der Waals surface area contributed by atoms with Crippen LogP contribution in [0.5, 0.6) is 0 Å². The number of benzene rings is 1. The van der Waals surface area contributed by atoms with Crippen molar-refractivity contribution in [1.29, 1.82) is 0 Å². The lowest BCUT2D eigenvalue weighted by atomic mass is 10.1. The number of hydrogen-bond acceptors (Lipinski definition) is 4. The smallest absolute Gasteiger partial charge is 0.197 e. The number of aromatic amines is 1. The minimum absolute atomic E-state index is 0.184. The molecule has 1 aromatic heterocycles. The Kier molecular flexibility index (Phi) is 3.10. The summed E-state index contributed by atoms with van der Waals surface area (Å²) in [4.78, 5) is 5.77. The van der Waals surface area contributed by atoms with Crippen molar-refractivity contribution in [3.05, 3.63) is 35.8 Å². The number of aromatic nitrogens is 2. The molecule has 1 aliphatic heterocycles. The number of hydrogen-bond donors (Lipinski definition) is 2. The fourth-order valence-electron chi connectivity index (χ4n) is 2.16. The third-order valence-electron chi connectivity index (χ3n) is 3.30. The van der Waals surface area contributed by atoms with Gasteiger partial charge in [0.05, 0.1) is 5.52 Å². The van der Waals surface area contributed by atoms with Crippen molar-refractivity contribution in [3.63, 3.8) is 0 Å². The predicted molar refractivity (Wildman–Crippen MR) is 78.5 cm³/mol. The standard InChI is InChI=1S/C13H13ClFN5/c1-7-5-10-8(6-9(7)15)12(19-18-10)20(2)11-3-4-16-13(14)17-11/h3-6,11H,1-2H3,(H,16,17)(H,18,19). The summed E-state index contributed by atoms with van der Waals surface area (Å²) < 4.78 is 13.7. The van der Waals surface area contributed by atoms with E-state index in [2.05, 4.69) is 20.5 Å². The number of nitrogens with one attached hydrogen (secondary N) is 2. The Morgan fingerprint density at radius 1 is 1.40 bits per heavy atom. The van der Waals surface area contributed by atoms with E-state index in [1.54, 1.807) is 19.2 Å². The molecule has 2 aromatic rings. The van der Waals surface area contributed by atoms with Crippen LogP contribution < -0.4 is 10.2 Å². The first-order valence-corrected chi connectivity index (χ1v) is 6.47. The lowest BCUT2D eigenvalue weighted by Gasteiger charge is -2.28. The molecule has 0 amide bonds. The van der Waals surface area contributed by atoms with Gasteiger partial charge in [0, 0.05) is 18.6 Å². The van der Waals surface area contributed by atoms with Crippen LogP contribution >= 0.6 is 11.6 Å². The van der Waals surface area contributed by atoms with E-state index in [1.807, 2.05) is 18.0 Å². The molecule has 7 heteroatoms. The van der Waals surface area contributed by atoms with Gasteiger partial charge in [-0.15, -0.1) is 0 Å². The van der Waals surface area contributed by atoms with Crippen molar-refractivity contribution in [1.82, 2.24) is 15.5 Å². The summed E-state index contributed by atoms with van der Waals surface area (Å²) in [5.74, 6) is 0.396. The summed E-state index contributed by atoms with van der Waals surface area (Å²) >= 11 is 5.85. The van der Waals surface area contributed by atoms with Crippen LogP contribution in [0.2, 0.25) is 0 Å². The molecule has 0 saturated heterocycles. The van der Waals surface area contributed by atoms with Gasteiger partial charge in [0.25, 0.3) is 0 Å². The van der Waals surface area contributed by atoms with Crippen molar-refractivity contribution in [3.8, 4) is 0 Å². The van der Waals surface area contributed by atoms with Crippen LogP contribution in [0, 0.1) is 12.7 Å². The summed E-state index contributed by atoms with van der Waals surface area (Å²) in [6, 6.07) is 3.23. The molecule has 0 saturated carbocycles. The van der Waals surface area contributed by atoms with Crippen LogP contribution in [-0.2, 0) is 0 Å². The van der Waals surface area contributed by atoms with Crippen LogP contribution in [0.25, 0.3) is 10.9 Å². The highest BCUT2D eigenvalue weighted by Crippen LogP contribution is 2.27. The minimum atomic E-state index is -0.250. The molecule has 5 nitrogen and oxygen atoms in total. The lowest BCUT2D eigenvalue weighted by Crippen LogP contribution is -2.45. The number of H-pyrrole nitrogens is 1. The van der Waals surface area contributed by atoms with Crippen molar-refractivity contribution >= 4 is 33.6 Å². The van der Waals surface area contributed by atoms with Crippen LogP contribution in [-0.4, -0.2) is 28.7 Å². The number of nitrogens with zero attached hydrogens (tertiary/aromatic N) is 3. The first-order valence-electron chi connectivity index (χ1n) is 6.10. The fourth-order valence-corrected chi connectivity index (χ4v) is 2.32. The molecule has 2 N–H and O–H groups in total. The van der Waals surface area contributed by atoms with Gasteiger partial charge in [0.1, 0.15) is 12.0 Å². The van der Waals surface area contributed by atoms with Gasteiger partial charge in [-0.05, 0) is 42.3 Å². The van der Waals surface area contributed by atoms with Crippen molar-refractivity contribution < 1.29 is 4.39 Å². The zero-order chi connectivity index (χ0) is 14.3. The maximum Gasteiger partial charge on any atom is 0.197 e. The lowest BCUT2D eigenvalue weighted by molar-refractivity contribution is 0.620. The average Bonchev–Trinajstić information content (AvgIpc) is 2.81. The highest BCUT2D eigenvalue weighted by atomic mass is 35.5. The molecule has 20 heavy (non-hydrogen) atoms. The molecule has 3 rings (SSSR count). The third kappa shape index (κ3) is 2.12. The Hall–Kier alpha value is -2.08. The molecule has 104 valence electrons. The highest BCUT2D eigenvalue weighted by molar-refractivity contribution is 6.64. The summed E-state index contributed by atoms with van der Waals surface area (Å²) in [7, 11) is 1.85. The van der Waals surface area contributed by atoms with Gasteiger partial charge in [0.15, 0.2) is 11.1 Å². The van der Waals surface area contributed by atoms with E-state index in [-0.39, 0.29) is 12.0 Å². The van der Waals surface area contributed by atoms with Crippen molar-refractivity contribution in [2.24, 2.45) is 4.99 Å². The topological polar surface area (TPSA) is 56.3 Å². The SMILES string of the molecule is Cc1cc2[nH]nc(N(C)C3C=CN=C(Cl)N3)c2cc1F. The monoisotopic (exact) mass is 293 g/mol. The Balaban J connectivity index is 2.00. The van der Waals surface area contributed by atoms with E-state index in [4.69, 9.17) is 11.6 Å². The third-order valence-corrected chi connectivity index (χ3v) is 3.50. The molecule has 1 atom stereocenters. The number of amidine groups is 1. The molecular weight excluding hydrogens is 281 g/mol. The Morgan fingerprint density at radius 2 is 2.20 bits per heavy atom. The van der Waals surface area contributed by atoms with Crippen LogP contribution in [0.4, 0.5) is 10.2 Å². The number of likely N-dealkylation sites (N-methyl/N-ethyl adjacent to an activating group) is 1. The highest BCUT2D eigenvalue weighted by Gasteiger charge is 2.20. The normalized spacial score (nSPS) is 18.0. The van der Waals surface area contributed by atoms with Gasteiger partial charge in [-0.2, -0.15) is 5.10 Å². The Morgan fingerprint density at radius 3 is 2.95 bits per heavy atom. The van der Waals surface area contributed by atoms with Crippen molar-refractivity contribution in [2.45, 2.75) is 13.1 Å². The summed E-state index contributed by atoms with van der Waals surface area (Å²) in [6.45, 7) is 1.72. The quantitative estimate of drug-likeness (QED) is 0.837. The maximum absolute atomic E-state index is 13.7. The zero-order valence-corrected chi connectivity index (χ0v) is 11.7. The van der Waals surface area contributed by atoms with Crippen molar-refractivity contribution in [2.75, 3.05) is 11.9 Å². The van der Waals surface area contributed by atoms with Gasteiger partial charge in [-0.25, -0.2) is 9.38 Å². The molecule has 2 heterocycles. The molecule has 1 aromatic carbocycles. The summed E-state index contributed by atoms with van der Waals surface area (Å²) in [5.41, 5.74) is 1.38. The molecule has 0 bridgehead atoms. The van der Waals surface area contributed by atoms with Gasteiger partial charge >= 0.3 is 0 Å². The number of aryl methyl sites for hydroxylation is 1. The number of aliphatic imine (C=N–C) groups is 1. The molecule has 1 unspecified atom stereocenters. The molecule has 1 aliphatic rings. The van der Waals surface area contributed by atoms with E-state index in [1.165, 1.54) is 6.07 Å². The number of anilines is 1. The van der Waals surface area contributed by atoms with E-state index in [9.17, 15) is 4.39 Å².